The minimum absolute atomic E-state index is 0.0117. The van der Waals surface area contributed by atoms with E-state index in [-0.39, 0.29) is 18.0 Å². The SMILES string of the molecule is CC(C)n1nccc1NC(=O)[C@H](C)N1CCn2ccnc2C1. The molecule has 0 fully saturated rings. The summed E-state index contributed by atoms with van der Waals surface area (Å²) in [5.74, 6) is 1.74. The smallest absolute Gasteiger partial charge is 0.242 e. The molecular formula is C15H22N6O. The molecule has 0 saturated heterocycles. The Bertz CT molecular complexity index is 659. The molecule has 0 spiro atoms. The second kappa shape index (κ2) is 5.92. The van der Waals surface area contributed by atoms with Crippen molar-refractivity contribution in [2.75, 3.05) is 11.9 Å². The second-order valence-electron chi connectivity index (χ2n) is 5.93. The van der Waals surface area contributed by atoms with Gasteiger partial charge in [0.2, 0.25) is 5.91 Å². The van der Waals surface area contributed by atoms with Gasteiger partial charge < -0.3 is 9.88 Å². The van der Waals surface area contributed by atoms with E-state index in [4.69, 9.17) is 0 Å². The number of hydrogen-bond donors (Lipinski definition) is 1. The van der Waals surface area contributed by atoms with Crippen LogP contribution in [0.5, 0.6) is 0 Å². The summed E-state index contributed by atoms with van der Waals surface area (Å²) in [6, 6.07) is 1.83. The summed E-state index contributed by atoms with van der Waals surface area (Å²) in [4.78, 5) is 19.0. The van der Waals surface area contributed by atoms with Crippen molar-refractivity contribution in [2.45, 2.75) is 45.9 Å². The number of nitrogens with zero attached hydrogens (tertiary/aromatic N) is 5. The molecule has 3 heterocycles. The average molecular weight is 302 g/mol. The second-order valence-corrected chi connectivity index (χ2v) is 5.93. The highest BCUT2D eigenvalue weighted by molar-refractivity contribution is 5.93. The van der Waals surface area contributed by atoms with E-state index < -0.39 is 0 Å². The number of rotatable bonds is 4. The van der Waals surface area contributed by atoms with Gasteiger partial charge in [0.05, 0.1) is 18.8 Å². The lowest BCUT2D eigenvalue weighted by atomic mass is 10.2. The van der Waals surface area contributed by atoms with Crippen molar-refractivity contribution >= 4 is 11.7 Å². The van der Waals surface area contributed by atoms with Crippen LogP contribution >= 0.6 is 0 Å². The number of nitrogens with one attached hydrogen (secondary N) is 1. The largest absolute Gasteiger partial charge is 0.333 e. The molecule has 7 nitrogen and oxygen atoms in total. The van der Waals surface area contributed by atoms with Crippen LogP contribution in [-0.4, -0.2) is 42.7 Å². The molecule has 22 heavy (non-hydrogen) atoms. The zero-order valence-electron chi connectivity index (χ0n) is 13.2. The van der Waals surface area contributed by atoms with Crippen LogP contribution in [-0.2, 0) is 17.9 Å². The van der Waals surface area contributed by atoms with Crippen molar-refractivity contribution in [3.8, 4) is 0 Å². The van der Waals surface area contributed by atoms with Crippen LogP contribution in [0.4, 0.5) is 5.82 Å². The molecule has 0 unspecified atom stereocenters. The van der Waals surface area contributed by atoms with Crippen molar-refractivity contribution in [1.29, 1.82) is 0 Å². The first-order chi connectivity index (χ1) is 10.6. The molecular weight excluding hydrogens is 280 g/mol. The van der Waals surface area contributed by atoms with Gasteiger partial charge in [0.1, 0.15) is 11.6 Å². The number of fused-ring (bicyclic) bond motifs is 1. The van der Waals surface area contributed by atoms with Gasteiger partial charge in [0.15, 0.2) is 0 Å². The van der Waals surface area contributed by atoms with Crippen LogP contribution < -0.4 is 5.32 Å². The predicted octanol–water partition coefficient (Wildman–Crippen LogP) is 1.50. The highest BCUT2D eigenvalue weighted by Crippen LogP contribution is 2.16. The Kier molecular flexibility index (Phi) is 3.98. The van der Waals surface area contributed by atoms with E-state index in [1.54, 1.807) is 6.20 Å². The molecule has 118 valence electrons. The Hall–Kier alpha value is -2.15. The molecule has 2 aromatic rings. The Labute approximate surface area is 129 Å². The van der Waals surface area contributed by atoms with Gasteiger partial charge in [-0.15, -0.1) is 0 Å². The molecule has 0 bridgehead atoms. The van der Waals surface area contributed by atoms with Crippen molar-refractivity contribution < 1.29 is 4.79 Å². The Balaban J connectivity index is 1.66. The van der Waals surface area contributed by atoms with Crippen LogP contribution in [0.25, 0.3) is 0 Å². The van der Waals surface area contributed by atoms with Crippen LogP contribution in [0, 0.1) is 0 Å². The van der Waals surface area contributed by atoms with E-state index in [0.29, 0.717) is 6.54 Å². The summed E-state index contributed by atoms with van der Waals surface area (Å²) >= 11 is 0. The molecule has 0 aromatic carbocycles. The molecule has 1 aliphatic rings. The summed E-state index contributed by atoms with van der Waals surface area (Å²) in [7, 11) is 0. The fraction of sp³-hybridized carbons (Fsp3) is 0.533. The van der Waals surface area contributed by atoms with E-state index >= 15 is 0 Å². The van der Waals surface area contributed by atoms with Crippen LogP contribution in [0.3, 0.4) is 0 Å². The van der Waals surface area contributed by atoms with E-state index in [0.717, 1.165) is 24.7 Å². The maximum Gasteiger partial charge on any atom is 0.242 e. The van der Waals surface area contributed by atoms with Crippen LogP contribution in [0.1, 0.15) is 32.6 Å². The number of aromatic nitrogens is 4. The molecule has 7 heteroatoms. The molecule has 1 aliphatic heterocycles. The lowest BCUT2D eigenvalue weighted by Crippen LogP contribution is -2.46. The Morgan fingerprint density at radius 2 is 2.09 bits per heavy atom. The van der Waals surface area contributed by atoms with Gasteiger partial charge in [0.25, 0.3) is 0 Å². The molecule has 2 aromatic heterocycles. The number of amides is 1. The van der Waals surface area contributed by atoms with E-state index in [1.807, 2.05) is 43.9 Å². The third kappa shape index (κ3) is 2.76. The minimum Gasteiger partial charge on any atom is -0.333 e. The highest BCUT2D eigenvalue weighted by Gasteiger charge is 2.26. The minimum atomic E-state index is -0.207. The zero-order valence-corrected chi connectivity index (χ0v) is 13.2. The number of carbonyl (C=O) groups excluding carboxylic acids is 1. The van der Waals surface area contributed by atoms with E-state index in [9.17, 15) is 4.79 Å². The summed E-state index contributed by atoms with van der Waals surface area (Å²) in [5, 5.41) is 7.22. The topological polar surface area (TPSA) is 68.0 Å². The lowest BCUT2D eigenvalue weighted by molar-refractivity contribution is -0.121. The lowest BCUT2D eigenvalue weighted by Gasteiger charge is -2.31. The fourth-order valence-corrected chi connectivity index (χ4v) is 2.74. The van der Waals surface area contributed by atoms with Gasteiger partial charge >= 0.3 is 0 Å². The average Bonchev–Trinajstić information content (AvgIpc) is 3.13. The molecule has 3 rings (SSSR count). The molecule has 0 radical (unpaired) electrons. The zero-order chi connectivity index (χ0) is 15.7. The number of hydrogen-bond acceptors (Lipinski definition) is 4. The van der Waals surface area contributed by atoms with Gasteiger partial charge in [-0.3, -0.25) is 9.69 Å². The normalized spacial score (nSPS) is 16.5. The first-order valence-corrected chi connectivity index (χ1v) is 7.64. The predicted molar refractivity (Wildman–Crippen MR) is 83.3 cm³/mol. The maximum atomic E-state index is 12.5. The standard InChI is InChI=1S/C15H22N6O/c1-11(2)21-13(4-5-17-21)18-15(22)12(3)20-9-8-19-7-6-16-14(19)10-20/h4-7,11-12H,8-10H2,1-3H3,(H,18,22)/t12-/m0/s1. The first kappa shape index (κ1) is 14.8. The fourth-order valence-electron chi connectivity index (χ4n) is 2.74. The Morgan fingerprint density at radius 1 is 1.27 bits per heavy atom. The summed E-state index contributed by atoms with van der Waals surface area (Å²) in [5.41, 5.74) is 0. The van der Waals surface area contributed by atoms with Gasteiger partial charge in [-0.05, 0) is 20.8 Å². The molecule has 1 N–H and O–H groups in total. The third-order valence-corrected chi connectivity index (χ3v) is 4.11. The highest BCUT2D eigenvalue weighted by atomic mass is 16.2. The summed E-state index contributed by atoms with van der Waals surface area (Å²) in [6.45, 7) is 8.43. The maximum absolute atomic E-state index is 12.5. The van der Waals surface area contributed by atoms with Crippen molar-refractivity contribution in [3.05, 3.63) is 30.5 Å². The van der Waals surface area contributed by atoms with Gasteiger partial charge in [-0.25, -0.2) is 9.67 Å². The molecule has 1 amide bonds. The van der Waals surface area contributed by atoms with Gasteiger partial charge in [-0.1, -0.05) is 0 Å². The van der Waals surface area contributed by atoms with Crippen molar-refractivity contribution in [3.63, 3.8) is 0 Å². The molecule has 0 aliphatic carbocycles. The number of carbonyl (C=O) groups is 1. The third-order valence-electron chi connectivity index (χ3n) is 4.11. The monoisotopic (exact) mass is 302 g/mol. The Morgan fingerprint density at radius 3 is 2.86 bits per heavy atom. The van der Waals surface area contributed by atoms with Gasteiger partial charge in [0, 0.05) is 37.6 Å². The van der Waals surface area contributed by atoms with Crippen LogP contribution in [0.15, 0.2) is 24.7 Å². The van der Waals surface area contributed by atoms with Gasteiger partial charge in [-0.2, -0.15) is 5.10 Å². The quantitative estimate of drug-likeness (QED) is 0.929. The van der Waals surface area contributed by atoms with E-state index in [2.05, 4.69) is 24.9 Å². The first-order valence-electron chi connectivity index (χ1n) is 7.64. The molecule has 1 atom stereocenters. The van der Waals surface area contributed by atoms with Crippen molar-refractivity contribution in [2.24, 2.45) is 0 Å². The van der Waals surface area contributed by atoms with Crippen LogP contribution in [0.2, 0.25) is 0 Å². The number of imidazole rings is 1. The summed E-state index contributed by atoms with van der Waals surface area (Å²) in [6.07, 6.45) is 5.50. The number of anilines is 1. The van der Waals surface area contributed by atoms with E-state index in [1.165, 1.54) is 0 Å². The molecule has 0 saturated carbocycles. The van der Waals surface area contributed by atoms with Crippen molar-refractivity contribution in [1.82, 2.24) is 24.2 Å². The summed E-state index contributed by atoms with van der Waals surface area (Å²) < 4.78 is 3.95.